The molecule has 1 N–H and O–H groups in total. The maximum absolute atomic E-state index is 12.4. The second kappa shape index (κ2) is 10.5. The molecule has 6 heteroatoms. The third kappa shape index (κ3) is 5.67. The summed E-state index contributed by atoms with van der Waals surface area (Å²) in [6.45, 7) is 6.56. The van der Waals surface area contributed by atoms with Crippen molar-refractivity contribution in [2.75, 3.05) is 7.11 Å². The molecule has 3 rings (SSSR count). The quantitative estimate of drug-likeness (QED) is 0.266. The molecule has 5 nitrogen and oxygen atoms in total. The van der Waals surface area contributed by atoms with Crippen LogP contribution in [0.1, 0.15) is 54.9 Å². The van der Waals surface area contributed by atoms with Crippen LogP contribution in [0.5, 0.6) is 5.75 Å². The summed E-state index contributed by atoms with van der Waals surface area (Å²) < 4.78 is 7.45. The Balaban J connectivity index is 1.66. The lowest BCUT2D eigenvalue weighted by atomic mass is 9.95. The van der Waals surface area contributed by atoms with Gasteiger partial charge in [0.1, 0.15) is 11.5 Å². The van der Waals surface area contributed by atoms with Gasteiger partial charge >= 0.3 is 0 Å². The van der Waals surface area contributed by atoms with E-state index in [0.717, 1.165) is 43.1 Å². The maximum Gasteiger partial charge on any atom is 0.162 e. The first-order valence-corrected chi connectivity index (χ1v) is 11.0. The van der Waals surface area contributed by atoms with E-state index in [9.17, 15) is 9.90 Å². The number of hydrogen-bond donors (Lipinski definition) is 1. The topological polar surface area (TPSA) is 64.4 Å². The van der Waals surface area contributed by atoms with Crippen LogP contribution in [-0.2, 0) is 6.54 Å². The van der Waals surface area contributed by atoms with Gasteiger partial charge in [-0.3, -0.25) is 9.48 Å². The highest BCUT2D eigenvalue weighted by atomic mass is 35.5. The molecular formula is C25H29ClN2O3. The van der Waals surface area contributed by atoms with Crippen molar-refractivity contribution in [1.82, 2.24) is 9.78 Å². The smallest absolute Gasteiger partial charge is 0.162 e. The second-order valence-corrected chi connectivity index (χ2v) is 8.29. The van der Waals surface area contributed by atoms with Gasteiger partial charge in [0.05, 0.1) is 23.6 Å². The number of rotatable bonds is 11. The molecule has 2 aromatic carbocycles. The van der Waals surface area contributed by atoms with Crippen molar-refractivity contribution >= 4 is 34.0 Å². The van der Waals surface area contributed by atoms with Gasteiger partial charge in [-0.15, -0.1) is 0 Å². The molecule has 1 heterocycles. The molecule has 1 atom stereocenters. The number of hydrogen-bond acceptors (Lipinski definition) is 4. The predicted octanol–water partition coefficient (Wildman–Crippen LogP) is 6.70. The number of aliphatic hydroxyl groups is 1. The van der Waals surface area contributed by atoms with Gasteiger partial charge in [0.2, 0.25) is 0 Å². The molecule has 3 aromatic rings. The standard InChI is InChI=1S/C25H29ClN2O3/c1-4-6-18(7-5-8-24(30)19-9-11-20(26)12-10-19)15-28-16-22-23(27-28)14-13-21(17(2)29)25(22)31-3/h9-14,16,18,29H,2,4-8,15H2,1,3H3. The number of halogens is 1. The molecule has 0 spiro atoms. The van der Waals surface area contributed by atoms with Gasteiger partial charge in [-0.25, -0.2) is 0 Å². The molecule has 0 saturated heterocycles. The molecule has 0 fully saturated rings. The fraction of sp³-hybridized carbons (Fsp3) is 0.360. The molecule has 1 unspecified atom stereocenters. The molecule has 0 aliphatic carbocycles. The van der Waals surface area contributed by atoms with Gasteiger partial charge in [0.15, 0.2) is 5.78 Å². The summed E-state index contributed by atoms with van der Waals surface area (Å²) in [6.07, 6.45) is 6.43. The number of ether oxygens (including phenoxy) is 1. The zero-order valence-electron chi connectivity index (χ0n) is 18.1. The van der Waals surface area contributed by atoms with Crippen LogP contribution in [0.2, 0.25) is 5.02 Å². The normalized spacial score (nSPS) is 12.1. The Labute approximate surface area is 188 Å². The van der Waals surface area contributed by atoms with E-state index in [1.807, 2.05) is 16.9 Å². The average molecular weight is 441 g/mol. The number of fused-ring (bicyclic) bond motifs is 1. The first-order chi connectivity index (χ1) is 14.9. The summed E-state index contributed by atoms with van der Waals surface area (Å²) in [5, 5.41) is 16.0. The molecule has 0 aliphatic rings. The van der Waals surface area contributed by atoms with E-state index < -0.39 is 0 Å². The van der Waals surface area contributed by atoms with Gasteiger partial charge in [0.25, 0.3) is 0 Å². The molecule has 31 heavy (non-hydrogen) atoms. The molecule has 0 aliphatic heterocycles. The summed E-state index contributed by atoms with van der Waals surface area (Å²) in [7, 11) is 1.58. The number of nitrogens with zero attached hydrogens (tertiary/aromatic N) is 2. The molecule has 1 aromatic heterocycles. The van der Waals surface area contributed by atoms with Crippen molar-refractivity contribution in [3.63, 3.8) is 0 Å². The van der Waals surface area contributed by atoms with Crippen LogP contribution in [0.15, 0.2) is 49.2 Å². The largest absolute Gasteiger partial charge is 0.508 e. The minimum atomic E-state index is -0.0271. The molecule has 0 saturated carbocycles. The summed E-state index contributed by atoms with van der Waals surface area (Å²) in [5.41, 5.74) is 2.10. The van der Waals surface area contributed by atoms with E-state index in [0.29, 0.717) is 34.2 Å². The number of benzene rings is 2. The van der Waals surface area contributed by atoms with E-state index in [2.05, 4.69) is 18.6 Å². The summed E-state index contributed by atoms with van der Waals surface area (Å²) in [4.78, 5) is 12.4. The van der Waals surface area contributed by atoms with Crippen LogP contribution < -0.4 is 4.74 Å². The molecule has 0 radical (unpaired) electrons. The lowest BCUT2D eigenvalue weighted by Crippen LogP contribution is -2.12. The van der Waals surface area contributed by atoms with E-state index in [-0.39, 0.29) is 11.5 Å². The highest BCUT2D eigenvalue weighted by molar-refractivity contribution is 6.30. The minimum Gasteiger partial charge on any atom is -0.508 e. The zero-order chi connectivity index (χ0) is 22.4. The van der Waals surface area contributed by atoms with E-state index in [4.69, 9.17) is 16.3 Å². The number of Topliss-reactive ketones (excluding diaryl/α,β-unsaturated/α-hetero) is 1. The Hall–Kier alpha value is -2.79. The van der Waals surface area contributed by atoms with Crippen LogP contribution in [0.25, 0.3) is 16.7 Å². The van der Waals surface area contributed by atoms with Crippen molar-refractivity contribution in [3.8, 4) is 5.75 Å². The Bertz CT molecular complexity index is 1060. The zero-order valence-corrected chi connectivity index (χ0v) is 18.9. The van der Waals surface area contributed by atoms with Crippen LogP contribution in [0.4, 0.5) is 0 Å². The van der Waals surface area contributed by atoms with E-state index >= 15 is 0 Å². The van der Waals surface area contributed by atoms with Gasteiger partial charge in [-0.1, -0.05) is 31.5 Å². The van der Waals surface area contributed by atoms with Gasteiger partial charge in [-0.2, -0.15) is 5.10 Å². The Morgan fingerprint density at radius 3 is 2.61 bits per heavy atom. The van der Waals surface area contributed by atoms with Crippen molar-refractivity contribution in [2.24, 2.45) is 5.92 Å². The molecule has 164 valence electrons. The van der Waals surface area contributed by atoms with Crippen molar-refractivity contribution in [2.45, 2.75) is 45.6 Å². The number of methoxy groups -OCH3 is 1. The third-order valence-corrected chi connectivity index (χ3v) is 5.78. The SMILES string of the molecule is C=C(O)c1ccc2nn(CC(CCC)CCCC(=O)c3ccc(Cl)cc3)cc2c1OC. The third-order valence-electron chi connectivity index (χ3n) is 5.53. The Morgan fingerprint density at radius 1 is 1.23 bits per heavy atom. The highest BCUT2D eigenvalue weighted by Crippen LogP contribution is 2.32. The fourth-order valence-corrected chi connectivity index (χ4v) is 4.12. The number of aromatic nitrogens is 2. The Kier molecular flexibility index (Phi) is 7.75. The summed E-state index contributed by atoms with van der Waals surface area (Å²) >= 11 is 5.90. The Morgan fingerprint density at radius 2 is 1.97 bits per heavy atom. The second-order valence-electron chi connectivity index (χ2n) is 7.85. The van der Waals surface area contributed by atoms with Crippen molar-refractivity contribution in [3.05, 3.63) is 65.3 Å². The van der Waals surface area contributed by atoms with Gasteiger partial charge < -0.3 is 9.84 Å². The molecular weight excluding hydrogens is 412 g/mol. The number of ketones is 1. The van der Waals surface area contributed by atoms with Crippen LogP contribution in [0.3, 0.4) is 0 Å². The number of carbonyl (C=O) groups is 1. The maximum atomic E-state index is 12.4. The average Bonchev–Trinajstić information content (AvgIpc) is 3.15. The highest BCUT2D eigenvalue weighted by Gasteiger charge is 2.16. The van der Waals surface area contributed by atoms with E-state index in [1.54, 1.807) is 37.4 Å². The minimum absolute atomic E-state index is 0.0271. The monoisotopic (exact) mass is 440 g/mol. The van der Waals surface area contributed by atoms with Crippen molar-refractivity contribution in [1.29, 1.82) is 0 Å². The number of aliphatic hydroxyl groups excluding tert-OH is 1. The summed E-state index contributed by atoms with van der Waals surface area (Å²) in [5.74, 6) is 1.13. The first kappa shape index (κ1) is 22.9. The number of carbonyl (C=O) groups excluding carboxylic acids is 1. The van der Waals surface area contributed by atoms with Crippen LogP contribution in [0, 0.1) is 5.92 Å². The first-order valence-electron chi connectivity index (χ1n) is 10.6. The van der Waals surface area contributed by atoms with Crippen LogP contribution >= 0.6 is 11.6 Å². The van der Waals surface area contributed by atoms with Gasteiger partial charge in [0, 0.05) is 29.7 Å². The predicted molar refractivity (Wildman–Crippen MR) is 126 cm³/mol. The lowest BCUT2D eigenvalue weighted by molar-refractivity contribution is 0.0977. The molecule has 0 bridgehead atoms. The lowest BCUT2D eigenvalue weighted by Gasteiger charge is -2.16. The summed E-state index contributed by atoms with van der Waals surface area (Å²) in [6, 6.07) is 10.7. The van der Waals surface area contributed by atoms with Crippen molar-refractivity contribution < 1.29 is 14.6 Å². The fourth-order valence-electron chi connectivity index (χ4n) is 3.99. The molecule has 0 amide bonds. The van der Waals surface area contributed by atoms with Gasteiger partial charge in [-0.05, 0) is 61.6 Å². The van der Waals surface area contributed by atoms with E-state index in [1.165, 1.54) is 0 Å². The van der Waals surface area contributed by atoms with Crippen LogP contribution in [-0.4, -0.2) is 27.8 Å².